The lowest BCUT2D eigenvalue weighted by atomic mass is 10.1. The Morgan fingerprint density at radius 3 is 2.50 bits per heavy atom. The van der Waals surface area contributed by atoms with Crippen LogP contribution in [0.5, 0.6) is 5.75 Å². The second-order valence-corrected chi connectivity index (χ2v) is 4.27. The summed E-state index contributed by atoms with van der Waals surface area (Å²) in [4.78, 5) is 10.9. The maximum atomic E-state index is 12.0. The molecule has 1 aliphatic rings. The van der Waals surface area contributed by atoms with Gasteiger partial charge in [-0.3, -0.25) is 0 Å². The monoisotopic (exact) mass is 260 g/mol. The van der Waals surface area contributed by atoms with Gasteiger partial charge in [0.1, 0.15) is 5.75 Å². The molecule has 6 heteroatoms. The van der Waals surface area contributed by atoms with Gasteiger partial charge in [-0.1, -0.05) is 0 Å². The molecule has 0 bridgehead atoms. The molecule has 0 unspecified atom stereocenters. The van der Waals surface area contributed by atoms with E-state index in [2.05, 4.69) is 4.74 Å². The molecule has 0 amide bonds. The Labute approximate surface area is 101 Å². The number of carboxylic acids is 1. The molecule has 0 heterocycles. The molecule has 18 heavy (non-hydrogen) atoms. The zero-order valence-electron chi connectivity index (χ0n) is 9.33. The predicted molar refractivity (Wildman–Crippen MR) is 56.9 cm³/mol. The van der Waals surface area contributed by atoms with Crippen molar-refractivity contribution in [1.82, 2.24) is 0 Å². The average molecular weight is 260 g/mol. The summed E-state index contributed by atoms with van der Waals surface area (Å²) in [5, 5.41) is 8.89. The third kappa shape index (κ3) is 3.38. The number of alkyl halides is 3. The summed E-state index contributed by atoms with van der Waals surface area (Å²) in [6.45, 7) is -1.42. The molecular formula is C12H11F3O3. The molecule has 0 aliphatic heterocycles. The zero-order valence-corrected chi connectivity index (χ0v) is 9.33. The fraction of sp³-hybridized carbons (Fsp3) is 0.417. The lowest BCUT2D eigenvalue weighted by Gasteiger charge is -2.11. The van der Waals surface area contributed by atoms with Gasteiger partial charge in [0.2, 0.25) is 0 Å². The van der Waals surface area contributed by atoms with E-state index >= 15 is 0 Å². The van der Waals surface area contributed by atoms with Crippen molar-refractivity contribution in [1.29, 1.82) is 0 Å². The number of hydrogen-bond acceptors (Lipinski definition) is 2. The van der Waals surface area contributed by atoms with Gasteiger partial charge in [0.15, 0.2) is 6.61 Å². The van der Waals surface area contributed by atoms with Crippen LogP contribution in [-0.2, 0) is 0 Å². The van der Waals surface area contributed by atoms with Crippen LogP contribution in [0.2, 0.25) is 0 Å². The Kier molecular flexibility index (Phi) is 3.19. The molecule has 2 rings (SSSR count). The van der Waals surface area contributed by atoms with Gasteiger partial charge in [-0.2, -0.15) is 13.2 Å². The van der Waals surface area contributed by atoms with Crippen molar-refractivity contribution in [2.24, 2.45) is 0 Å². The van der Waals surface area contributed by atoms with Crippen LogP contribution >= 0.6 is 0 Å². The first-order valence-corrected chi connectivity index (χ1v) is 5.43. The largest absolute Gasteiger partial charge is 0.484 e. The van der Waals surface area contributed by atoms with E-state index in [9.17, 15) is 18.0 Å². The number of hydrogen-bond donors (Lipinski definition) is 1. The smallest absolute Gasteiger partial charge is 0.422 e. The molecule has 0 radical (unpaired) electrons. The second kappa shape index (κ2) is 4.51. The molecule has 1 aromatic rings. The van der Waals surface area contributed by atoms with Gasteiger partial charge in [-0.15, -0.1) is 0 Å². The highest BCUT2D eigenvalue weighted by Crippen LogP contribution is 2.41. The highest BCUT2D eigenvalue weighted by Gasteiger charge is 2.29. The Morgan fingerprint density at radius 2 is 2.00 bits per heavy atom. The molecule has 1 aromatic carbocycles. The highest BCUT2D eigenvalue weighted by molar-refractivity contribution is 5.88. The second-order valence-electron chi connectivity index (χ2n) is 4.27. The maximum Gasteiger partial charge on any atom is 0.422 e. The molecule has 1 aliphatic carbocycles. The standard InChI is InChI=1S/C12H11F3O3/c13-12(14,15)6-18-10-4-8(7-1-2-7)3-9(5-10)11(16)17/h3-5,7H,1-2,6H2,(H,16,17). The lowest BCUT2D eigenvalue weighted by molar-refractivity contribution is -0.153. The fourth-order valence-electron chi connectivity index (χ4n) is 1.65. The minimum absolute atomic E-state index is 0.0448. The number of rotatable bonds is 4. The van der Waals surface area contributed by atoms with Crippen molar-refractivity contribution < 1.29 is 27.8 Å². The van der Waals surface area contributed by atoms with E-state index in [1.54, 1.807) is 0 Å². The SMILES string of the molecule is O=C(O)c1cc(OCC(F)(F)F)cc(C2CC2)c1. The Balaban J connectivity index is 2.20. The predicted octanol–water partition coefficient (Wildman–Crippen LogP) is 3.20. The van der Waals surface area contributed by atoms with Crippen molar-refractivity contribution >= 4 is 5.97 Å². The minimum Gasteiger partial charge on any atom is -0.484 e. The molecule has 1 N–H and O–H groups in total. The van der Waals surface area contributed by atoms with Gasteiger partial charge in [0.05, 0.1) is 5.56 Å². The molecular weight excluding hydrogens is 249 g/mol. The summed E-state index contributed by atoms with van der Waals surface area (Å²) in [6.07, 6.45) is -2.57. The number of carbonyl (C=O) groups is 1. The molecule has 0 atom stereocenters. The summed E-state index contributed by atoms with van der Waals surface area (Å²) >= 11 is 0. The minimum atomic E-state index is -4.43. The van der Waals surface area contributed by atoms with Gasteiger partial charge in [0, 0.05) is 0 Å². The third-order valence-corrected chi connectivity index (χ3v) is 2.63. The van der Waals surface area contributed by atoms with E-state index in [4.69, 9.17) is 5.11 Å². The van der Waals surface area contributed by atoms with Crippen molar-refractivity contribution in [3.63, 3.8) is 0 Å². The van der Waals surface area contributed by atoms with Gasteiger partial charge in [-0.25, -0.2) is 4.79 Å². The van der Waals surface area contributed by atoms with Crippen molar-refractivity contribution in [3.8, 4) is 5.75 Å². The van der Waals surface area contributed by atoms with Crippen LogP contribution in [0.25, 0.3) is 0 Å². The van der Waals surface area contributed by atoms with Crippen LogP contribution in [0.3, 0.4) is 0 Å². The summed E-state index contributed by atoms with van der Waals surface area (Å²) in [5.74, 6) is -0.971. The molecule has 98 valence electrons. The molecule has 1 saturated carbocycles. The van der Waals surface area contributed by atoms with Gasteiger partial charge in [-0.05, 0) is 42.5 Å². The molecule has 3 nitrogen and oxygen atoms in total. The van der Waals surface area contributed by atoms with Crippen molar-refractivity contribution in [2.45, 2.75) is 24.9 Å². The van der Waals surface area contributed by atoms with Gasteiger partial charge < -0.3 is 9.84 Å². The summed E-state index contributed by atoms with van der Waals surface area (Å²) in [6, 6.07) is 4.08. The van der Waals surface area contributed by atoms with Crippen LogP contribution in [0.1, 0.15) is 34.7 Å². The van der Waals surface area contributed by atoms with E-state index in [0.29, 0.717) is 0 Å². The quantitative estimate of drug-likeness (QED) is 0.904. The first-order chi connectivity index (χ1) is 8.35. The number of halogens is 3. The van der Waals surface area contributed by atoms with Crippen molar-refractivity contribution in [3.05, 3.63) is 29.3 Å². The summed E-state index contributed by atoms with van der Waals surface area (Å²) in [5.41, 5.74) is 0.684. The van der Waals surface area contributed by atoms with Crippen molar-refractivity contribution in [2.75, 3.05) is 6.61 Å². The molecule has 1 fully saturated rings. The molecule has 0 saturated heterocycles. The van der Waals surface area contributed by atoms with Crippen LogP contribution < -0.4 is 4.74 Å². The zero-order chi connectivity index (χ0) is 13.3. The topological polar surface area (TPSA) is 46.5 Å². The average Bonchev–Trinajstić information content (AvgIpc) is 3.08. The third-order valence-electron chi connectivity index (χ3n) is 2.63. The number of aromatic carboxylic acids is 1. The van der Waals surface area contributed by atoms with E-state index in [1.165, 1.54) is 12.1 Å². The Bertz CT molecular complexity index is 464. The van der Waals surface area contributed by atoms with E-state index in [-0.39, 0.29) is 17.2 Å². The molecule has 0 aromatic heterocycles. The summed E-state index contributed by atoms with van der Waals surface area (Å²) < 4.78 is 40.7. The fourth-order valence-corrected chi connectivity index (χ4v) is 1.65. The Hall–Kier alpha value is -1.72. The van der Waals surface area contributed by atoms with E-state index in [0.717, 1.165) is 24.5 Å². The molecule has 0 spiro atoms. The maximum absolute atomic E-state index is 12.0. The van der Waals surface area contributed by atoms with Gasteiger partial charge in [0.25, 0.3) is 0 Å². The van der Waals surface area contributed by atoms with Crippen LogP contribution in [0, 0.1) is 0 Å². The van der Waals surface area contributed by atoms with Gasteiger partial charge >= 0.3 is 12.1 Å². The Morgan fingerprint density at radius 1 is 1.33 bits per heavy atom. The van der Waals surface area contributed by atoms with Crippen LogP contribution in [0.15, 0.2) is 18.2 Å². The van der Waals surface area contributed by atoms with Crippen LogP contribution in [0.4, 0.5) is 13.2 Å². The number of benzene rings is 1. The first-order valence-electron chi connectivity index (χ1n) is 5.43. The van der Waals surface area contributed by atoms with Crippen LogP contribution in [-0.4, -0.2) is 23.9 Å². The van der Waals surface area contributed by atoms with E-state index < -0.39 is 18.8 Å². The lowest BCUT2D eigenvalue weighted by Crippen LogP contribution is -2.19. The van der Waals surface area contributed by atoms with E-state index in [1.807, 2.05) is 0 Å². The highest BCUT2D eigenvalue weighted by atomic mass is 19.4. The number of carboxylic acid groups (broad SMARTS) is 1. The first kappa shape index (κ1) is 12.7. The number of ether oxygens (including phenoxy) is 1. The summed E-state index contributed by atoms with van der Waals surface area (Å²) in [7, 11) is 0. The normalized spacial score (nSPS) is 15.5.